The van der Waals surface area contributed by atoms with E-state index in [0.29, 0.717) is 5.41 Å². The van der Waals surface area contributed by atoms with E-state index in [0.717, 1.165) is 13.1 Å². The minimum Gasteiger partial charge on any atom is -0.329 e. The second-order valence-electron chi connectivity index (χ2n) is 5.21. The second-order valence-corrected chi connectivity index (χ2v) is 5.21. The Morgan fingerprint density at radius 1 is 1.31 bits per heavy atom. The molecule has 2 nitrogen and oxygen atoms in total. The van der Waals surface area contributed by atoms with Gasteiger partial charge < -0.3 is 11.1 Å². The van der Waals surface area contributed by atoms with Gasteiger partial charge in [0.05, 0.1) is 0 Å². The summed E-state index contributed by atoms with van der Waals surface area (Å²) in [5.74, 6) is 0. The summed E-state index contributed by atoms with van der Waals surface area (Å²) < 4.78 is 0. The molecule has 0 heterocycles. The van der Waals surface area contributed by atoms with Crippen molar-refractivity contribution in [3.05, 3.63) is 0 Å². The Balaban J connectivity index is 2.64. The fourth-order valence-electron chi connectivity index (χ4n) is 2.77. The normalized spacial score (nSPS) is 33.2. The molecule has 3 N–H and O–H groups in total. The van der Waals surface area contributed by atoms with Crippen LogP contribution in [0.2, 0.25) is 0 Å². The van der Waals surface area contributed by atoms with Crippen LogP contribution in [0.25, 0.3) is 0 Å². The fraction of sp³-hybridized carbons (Fsp3) is 1.00. The van der Waals surface area contributed by atoms with Crippen molar-refractivity contribution in [2.75, 3.05) is 13.1 Å². The molecule has 0 spiro atoms. The summed E-state index contributed by atoms with van der Waals surface area (Å²) in [6, 6.07) is 0. The van der Waals surface area contributed by atoms with Crippen molar-refractivity contribution in [1.29, 1.82) is 0 Å². The molecule has 2 heteroatoms. The summed E-state index contributed by atoms with van der Waals surface area (Å²) in [4.78, 5) is 0. The third-order valence-electron chi connectivity index (χ3n) is 3.27. The summed E-state index contributed by atoms with van der Waals surface area (Å²) in [6.07, 6.45) is 5.14. The molecule has 0 saturated heterocycles. The minimum atomic E-state index is 0.233. The first-order chi connectivity index (χ1) is 6.04. The van der Waals surface area contributed by atoms with Crippen LogP contribution in [-0.2, 0) is 0 Å². The first kappa shape index (κ1) is 11.0. The maximum atomic E-state index is 5.88. The fourth-order valence-corrected chi connectivity index (χ4v) is 2.77. The van der Waals surface area contributed by atoms with Gasteiger partial charge in [-0.3, -0.25) is 0 Å². The zero-order valence-electron chi connectivity index (χ0n) is 9.32. The van der Waals surface area contributed by atoms with Gasteiger partial charge >= 0.3 is 0 Å². The van der Waals surface area contributed by atoms with Crippen molar-refractivity contribution in [2.24, 2.45) is 11.1 Å². The SMILES string of the molecule is CCNC1(CN)CCCC(C)(C)C1. The zero-order chi connectivity index (χ0) is 9.95. The van der Waals surface area contributed by atoms with Crippen LogP contribution < -0.4 is 11.1 Å². The lowest BCUT2D eigenvalue weighted by Crippen LogP contribution is -2.55. The maximum absolute atomic E-state index is 5.88. The number of rotatable bonds is 3. The maximum Gasteiger partial charge on any atom is 0.0309 e. The standard InChI is InChI=1S/C11H24N2/c1-4-13-11(9-12)7-5-6-10(2,3)8-11/h13H,4-9,12H2,1-3H3. The molecule has 0 aromatic rings. The summed E-state index contributed by atoms with van der Waals surface area (Å²) in [5, 5.41) is 3.58. The quantitative estimate of drug-likeness (QED) is 0.703. The van der Waals surface area contributed by atoms with E-state index in [2.05, 4.69) is 26.1 Å². The molecule has 1 aliphatic carbocycles. The Hall–Kier alpha value is -0.0800. The van der Waals surface area contributed by atoms with E-state index in [4.69, 9.17) is 5.73 Å². The van der Waals surface area contributed by atoms with Crippen LogP contribution >= 0.6 is 0 Å². The van der Waals surface area contributed by atoms with E-state index in [1.54, 1.807) is 0 Å². The highest BCUT2D eigenvalue weighted by atomic mass is 15.0. The van der Waals surface area contributed by atoms with Gasteiger partial charge in [-0.25, -0.2) is 0 Å². The monoisotopic (exact) mass is 184 g/mol. The van der Waals surface area contributed by atoms with Gasteiger partial charge in [0.2, 0.25) is 0 Å². The third kappa shape index (κ3) is 2.68. The number of nitrogens with one attached hydrogen (secondary N) is 1. The molecule has 1 saturated carbocycles. The highest BCUT2D eigenvalue weighted by Gasteiger charge is 2.38. The molecule has 1 rings (SSSR count). The molecule has 0 aromatic heterocycles. The highest BCUT2D eigenvalue weighted by molar-refractivity contribution is 4.97. The molecule has 0 bridgehead atoms. The van der Waals surface area contributed by atoms with Gasteiger partial charge in [-0.05, 0) is 31.2 Å². The third-order valence-corrected chi connectivity index (χ3v) is 3.27. The van der Waals surface area contributed by atoms with Gasteiger partial charge in [0.15, 0.2) is 0 Å². The van der Waals surface area contributed by atoms with E-state index >= 15 is 0 Å². The first-order valence-electron chi connectivity index (χ1n) is 5.49. The number of likely N-dealkylation sites (N-methyl/N-ethyl adjacent to an activating group) is 1. The second kappa shape index (κ2) is 3.97. The van der Waals surface area contributed by atoms with Gasteiger partial charge in [-0.15, -0.1) is 0 Å². The molecule has 1 fully saturated rings. The van der Waals surface area contributed by atoms with Crippen LogP contribution in [0, 0.1) is 5.41 Å². The lowest BCUT2D eigenvalue weighted by molar-refractivity contribution is 0.126. The molecule has 13 heavy (non-hydrogen) atoms. The summed E-state index contributed by atoms with van der Waals surface area (Å²) in [7, 11) is 0. The Morgan fingerprint density at radius 2 is 2.00 bits per heavy atom. The van der Waals surface area contributed by atoms with Crippen LogP contribution in [0.5, 0.6) is 0 Å². The zero-order valence-corrected chi connectivity index (χ0v) is 9.32. The van der Waals surface area contributed by atoms with Gasteiger partial charge in [0.1, 0.15) is 0 Å². The van der Waals surface area contributed by atoms with E-state index < -0.39 is 0 Å². The molecule has 78 valence electrons. The largest absolute Gasteiger partial charge is 0.329 e. The van der Waals surface area contributed by atoms with E-state index in [1.807, 2.05) is 0 Å². The predicted octanol–water partition coefficient (Wildman–Crippen LogP) is 1.89. The first-order valence-corrected chi connectivity index (χ1v) is 5.49. The molecule has 0 aliphatic heterocycles. The Labute approximate surface area is 82.3 Å². The van der Waals surface area contributed by atoms with Crippen molar-refractivity contribution < 1.29 is 0 Å². The molecule has 1 unspecified atom stereocenters. The highest BCUT2D eigenvalue weighted by Crippen LogP contribution is 2.40. The smallest absolute Gasteiger partial charge is 0.0309 e. The summed E-state index contributed by atoms with van der Waals surface area (Å²) in [6.45, 7) is 8.69. The molecule has 0 aromatic carbocycles. The van der Waals surface area contributed by atoms with E-state index in [1.165, 1.54) is 25.7 Å². The van der Waals surface area contributed by atoms with Crippen LogP contribution in [0.3, 0.4) is 0 Å². The number of hydrogen-bond donors (Lipinski definition) is 2. The van der Waals surface area contributed by atoms with E-state index in [9.17, 15) is 0 Å². The van der Waals surface area contributed by atoms with Gasteiger partial charge in [0, 0.05) is 12.1 Å². The Bertz CT molecular complexity index is 161. The topological polar surface area (TPSA) is 38.0 Å². The Kier molecular flexibility index (Phi) is 3.36. The van der Waals surface area contributed by atoms with Crippen LogP contribution in [0.15, 0.2) is 0 Å². The predicted molar refractivity (Wildman–Crippen MR) is 57.7 cm³/mol. The van der Waals surface area contributed by atoms with Gasteiger partial charge in [0.25, 0.3) is 0 Å². The van der Waals surface area contributed by atoms with Gasteiger partial charge in [-0.1, -0.05) is 27.2 Å². The molecular weight excluding hydrogens is 160 g/mol. The van der Waals surface area contributed by atoms with E-state index in [-0.39, 0.29) is 5.54 Å². The summed E-state index contributed by atoms with van der Waals surface area (Å²) >= 11 is 0. The van der Waals surface area contributed by atoms with Gasteiger partial charge in [-0.2, -0.15) is 0 Å². The van der Waals surface area contributed by atoms with Crippen LogP contribution in [-0.4, -0.2) is 18.6 Å². The molecule has 1 aliphatic rings. The average molecular weight is 184 g/mol. The van der Waals surface area contributed by atoms with Crippen molar-refractivity contribution in [2.45, 2.75) is 52.0 Å². The lowest BCUT2D eigenvalue weighted by Gasteiger charge is -2.45. The lowest BCUT2D eigenvalue weighted by atomic mass is 9.68. The number of nitrogens with two attached hydrogens (primary N) is 1. The molecule has 1 atom stereocenters. The average Bonchev–Trinajstić information content (AvgIpc) is 2.03. The van der Waals surface area contributed by atoms with Crippen LogP contribution in [0.1, 0.15) is 46.5 Å². The molecule has 0 amide bonds. The van der Waals surface area contributed by atoms with Crippen molar-refractivity contribution in [3.63, 3.8) is 0 Å². The van der Waals surface area contributed by atoms with Crippen LogP contribution in [0.4, 0.5) is 0 Å². The minimum absolute atomic E-state index is 0.233. The van der Waals surface area contributed by atoms with Crippen molar-refractivity contribution in [1.82, 2.24) is 5.32 Å². The van der Waals surface area contributed by atoms with Crippen molar-refractivity contribution >= 4 is 0 Å². The number of hydrogen-bond acceptors (Lipinski definition) is 2. The van der Waals surface area contributed by atoms with Crippen molar-refractivity contribution in [3.8, 4) is 0 Å². The molecular formula is C11H24N2. The summed E-state index contributed by atoms with van der Waals surface area (Å²) in [5.41, 5.74) is 6.59. The Morgan fingerprint density at radius 3 is 2.46 bits per heavy atom. The molecule has 0 radical (unpaired) electrons.